The Labute approximate surface area is 139 Å². The molecule has 1 unspecified atom stereocenters. The van der Waals surface area contributed by atoms with Crippen LogP contribution in [0.25, 0.3) is 0 Å². The predicted octanol–water partition coefficient (Wildman–Crippen LogP) is 1.89. The van der Waals surface area contributed by atoms with Crippen molar-refractivity contribution in [1.29, 1.82) is 0 Å². The van der Waals surface area contributed by atoms with Crippen LogP contribution in [-0.4, -0.2) is 44.5 Å². The average molecular weight is 338 g/mol. The van der Waals surface area contributed by atoms with E-state index in [1.807, 2.05) is 12.1 Å². The minimum Gasteiger partial charge on any atom is -0.356 e. The monoisotopic (exact) mass is 338 g/mol. The molecule has 0 saturated carbocycles. The highest BCUT2D eigenvalue weighted by Crippen LogP contribution is 2.34. The number of hydrogen-bond donors (Lipinski definition) is 1. The standard InChI is InChI=1S/C17H26N2O3S/c1-3-23(21,22)19(2)12-6-11-18-17(20)13-15-10-9-14-7-4-5-8-16(14)15/h4-5,7-8,15H,3,6,9-13H2,1-2H3,(H,18,20). The Bertz CT molecular complexity index is 643. The molecule has 1 amide bonds. The van der Waals surface area contributed by atoms with Gasteiger partial charge in [-0.05, 0) is 43.2 Å². The number of amides is 1. The molecule has 1 aromatic carbocycles. The van der Waals surface area contributed by atoms with Gasteiger partial charge in [0.25, 0.3) is 0 Å². The van der Waals surface area contributed by atoms with Gasteiger partial charge in [0.05, 0.1) is 5.75 Å². The minimum absolute atomic E-state index is 0.0488. The van der Waals surface area contributed by atoms with Crippen LogP contribution in [0.3, 0.4) is 0 Å². The van der Waals surface area contributed by atoms with Gasteiger partial charge in [-0.15, -0.1) is 0 Å². The van der Waals surface area contributed by atoms with Gasteiger partial charge in [-0.2, -0.15) is 0 Å². The summed E-state index contributed by atoms with van der Waals surface area (Å²) in [6.45, 7) is 2.58. The van der Waals surface area contributed by atoms with Crippen molar-refractivity contribution in [3.8, 4) is 0 Å². The first kappa shape index (κ1) is 17.9. The fourth-order valence-corrected chi connectivity index (χ4v) is 3.89. The molecule has 0 bridgehead atoms. The number of nitrogens with zero attached hydrogens (tertiary/aromatic N) is 1. The maximum absolute atomic E-state index is 12.1. The Hall–Kier alpha value is -1.40. The van der Waals surface area contributed by atoms with Gasteiger partial charge in [-0.3, -0.25) is 4.79 Å². The zero-order valence-electron chi connectivity index (χ0n) is 13.9. The third-order valence-corrected chi connectivity index (χ3v) is 6.36. The second kappa shape index (κ2) is 7.93. The summed E-state index contributed by atoms with van der Waals surface area (Å²) in [6, 6.07) is 8.32. The quantitative estimate of drug-likeness (QED) is 0.736. The molecular weight excluding hydrogens is 312 g/mol. The van der Waals surface area contributed by atoms with Crippen LogP contribution in [-0.2, 0) is 21.2 Å². The first-order valence-corrected chi connectivity index (χ1v) is 9.83. The molecule has 0 radical (unpaired) electrons. The van der Waals surface area contributed by atoms with Crippen molar-refractivity contribution in [3.05, 3.63) is 35.4 Å². The molecule has 1 atom stereocenters. The zero-order chi connectivity index (χ0) is 16.9. The van der Waals surface area contributed by atoms with Gasteiger partial charge in [0.1, 0.15) is 0 Å². The zero-order valence-corrected chi connectivity index (χ0v) is 14.7. The van der Waals surface area contributed by atoms with Crippen molar-refractivity contribution in [2.45, 2.75) is 38.5 Å². The van der Waals surface area contributed by atoms with Crippen molar-refractivity contribution < 1.29 is 13.2 Å². The molecule has 0 aromatic heterocycles. The minimum atomic E-state index is -3.13. The molecular formula is C17H26N2O3S. The van der Waals surface area contributed by atoms with E-state index in [2.05, 4.69) is 17.4 Å². The summed E-state index contributed by atoms with van der Waals surface area (Å²) >= 11 is 0. The fraction of sp³-hybridized carbons (Fsp3) is 0.588. The highest BCUT2D eigenvalue weighted by Gasteiger charge is 2.24. The summed E-state index contributed by atoms with van der Waals surface area (Å²) in [4.78, 5) is 12.1. The second-order valence-corrected chi connectivity index (χ2v) is 8.43. The first-order valence-electron chi connectivity index (χ1n) is 8.22. The number of carbonyl (C=O) groups is 1. The van der Waals surface area contributed by atoms with Crippen LogP contribution in [0.4, 0.5) is 0 Å². The van der Waals surface area contributed by atoms with Gasteiger partial charge in [0.2, 0.25) is 15.9 Å². The summed E-state index contributed by atoms with van der Waals surface area (Å²) in [6.07, 6.45) is 3.22. The van der Waals surface area contributed by atoms with Crippen molar-refractivity contribution in [3.63, 3.8) is 0 Å². The van der Waals surface area contributed by atoms with E-state index >= 15 is 0 Å². The Morgan fingerprint density at radius 1 is 1.35 bits per heavy atom. The number of hydrogen-bond acceptors (Lipinski definition) is 3. The Morgan fingerprint density at radius 3 is 2.83 bits per heavy atom. The largest absolute Gasteiger partial charge is 0.356 e. The number of carbonyl (C=O) groups excluding carboxylic acids is 1. The third kappa shape index (κ3) is 4.78. The van der Waals surface area contributed by atoms with Crippen molar-refractivity contribution in [2.75, 3.05) is 25.9 Å². The molecule has 1 aliphatic carbocycles. The summed E-state index contributed by atoms with van der Waals surface area (Å²) < 4.78 is 24.6. The molecule has 23 heavy (non-hydrogen) atoms. The van der Waals surface area contributed by atoms with Crippen LogP contribution >= 0.6 is 0 Å². The summed E-state index contributed by atoms with van der Waals surface area (Å²) in [5, 5.41) is 2.90. The topological polar surface area (TPSA) is 66.5 Å². The van der Waals surface area contributed by atoms with E-state index < -0.39 is 10.0 Å². The lowest BCUT2D eigenvalue weighted by atomic mass is 9.97. The molecule has 5 nitrogen and oxygen atoms in total. The first-order chi connectivity index (χ1) is 10.9. The summed E-state index contributed by atoms with van der Waals surface area (Å²) in [5.74, 6) is 0.471. The molecule has 0 fully saturated rings. The Morgan fingerprint density at radius 2 is 2.09 bits per heavy atom. The molecule has 0 aliphatic heterocycles. The van der Waals surface area contributed by atoms with Gasteiger partial charge in [-0.25, -0.2) is 12.7 Å². The SMILES string of the molecule is CCS(=O)(=O)N(C)CCCNC(=O)CC1CCc2ccccc21. The van der Waals surface area contributed by atoms with Gasteiger partial charge in [0, 0.05) is 26.6 Å². The number of aryl methyl sites for hydroxylation is 1. The van der Waals surface area contributed by atoms with E-state index in [0.717, 1.165) is 12.8 Å². The molecule has 1 aromatic rings. The maximum Gasteiger partial charge on any atom is 0.220 e. The molecule has 128 valence electrons. The molecule has 0 heterocycles. The highest BCUT2D eigenvalue weighted by atomic mass is 32.2. The lowest BCUT2D eigenvalue weighted by molar-refractivity contribution is -0.121. The van der Waals surface area contributed by atoms with Crippen LogP contribution in [0.5, 0.6) is 0 Å². The van der Waals surface area contributed by atoms with E-state index in [9.17, 15) is 13.2 Å². The Balaban J connectivity index is 1.71. The number of nitrogens with one attached hydrogen (secondary N) is 1. The third-order valence-electron chi connectivity index (χ3n) is 4.50. The molecule has 0 spiro atoms. The number of sulfonamides is 1. The number of fused-ring (bicyclic) bond motifs is 1. The lowest BCUT2D eigenvalue weighted by Crippen LogP contribution is -2.32. The average Bonchev–Trinajstić information content (AvgIpc) is 2.94. The van der Waals surface area contributed by atoms with Gasteiger partial charge >= 0.3 is 0 Å². The number of benzene rings is 1. The van der Waals surface area contributed by atoms with Gasteiger partial charge < -0.3 is 5.32 Å². The molecule has 1 aliphatic rings. The Kier molecular flexibility index (Phi) is 6.18. The second-order valence-electron chi connectivity index (χ2n) is 6.06. The van der Waals surface area contributed by atoms with Crippen LogP contribution in [0, 0.1) is 0 Å². The molecule has 1 N–H and O–H groups in total. The van der Waals surface area contributed by atoms with E-state index in [-0.39, 0.29) is 11.7 Å². The van der Waals surface area contributed by atoms with Crippen molar-refractivity contribution in [1.82, 2.24) is 9.62 Å². The van der Waals surface area contributed by atoms with Crippen molar-refractivity contribution >= 4 is 15.9 Å². The van der Waals surface area contributed by atoms with E-state index in [0.29, 0.717) is 31.8 Å². The van der Waals surface area contributed by atoms with Crippen LogP contribution in [0.2, 0.25) is 0 Å². The van der Waals surface area contributed by atoms with Crippen LogP contribution < -0.4 is 5.32 Å². The van der Waals surface area contributed by atoms with Gasteiger partial charge in [-0.1, -0.05) is 24.3 Å². The van der Waals surface area contributed by atoms with E-state index in [1.165, 1.54) is 15.4 Å². The predicted molar refractivity (Wildman–Crippen MR) is 91.8 cm³/mol. The van der Waals surface area contributed by atoms with Gasteiger partial charge in [0.15, 0.2) is 0 Å². The molecule has 2 rings (SSSR count). The smallest absolute Gasteiger partial charge is 0.220 e. The van der Waals surface area contributed by atoms with Crippen LogP contribution in [0.15, 0.2) is 24.3 Å². The molecule has 6 heteroatoms. The maximum atomic E-state index is 12.1. The molecule has 0 saturated heterocycles. The van der Waals surface area contributed by atoms with Crippen molar-refractivity contribution in [2.24, 2.45) is 0 Å². The normalized spacial score (nSPS) is 17.3. The fourth-order valence-electron chi connectivity index (χ4n) is 3.04. The summed E-state index contributed by atoms with van der Waals surface area (Å²) in [7, 11) is -1.55. The summed E-state index contributed by atoms with van der Waals surface area (Å²) in [5.41, 5.74) is 2.66. The van der Waals surface area contributed by atoms with Crippen LogP contribution in [0.1, 0.15) is 43.2 Å². The lowest BCUT2D eigenvalue weighted by Gasteiger charge is -2.16. The van der Waals surface area contributed by atoms with E-state index in [1.54, 1.807) is 14.0 Å². The number of rotatable bonds is 8. The highest BCUT2D eigenvalue weighted by molar-refractivity contribution is 7.89. The van der Waals surface area contributed by atoms with E-state index in [4.69, 9.17) is 0 Å².